The molecule has 1 aliphatic heterocycles. The highest BCUT2D eigenvalue weighted by Crippen LogP contribution is 2.24. The third kappa shape index (κ3) is 4.74. The van der Waals surface area contributed by atoms with E-state index in [9.17, 15) is 0 Å². The van der Waals surface area contributed by atoms with Gasteiger partial charge in [-0.2, -0.15) is 9.97 Å². The molecular weight excluding hydrogens is 264 g/mol. The first-order valence-electron chi connectivity index (χ1n) is 7.86. The van der Waals surface area contributed by atoms with E-state index in [1.807, 2.05) is 6.07 Å². The maximum Gasteiger partial charge on any atom is 0.223 e. The van der Waals surface area contributed by atoms with Crippen LogP contribution in [0.1, 0.15) is 26.2 Å². The fourth-order valence-corrected chi connectivity index (χ4v) is 2.82. The second-order valence-corrected chi connectivity index (χ2v) is 6.09. The minimum absolute atomic E-state index is 0.349. The van der Waals surface area contributed by atoms with Gasteiger partial charge in [0.25, 0.3) is 0 Å². The van der Waals surface area contributed by atoms with Crippen LogP contribution in [0.4, 0.5) is 17.6 Å². The van der Waals surface area contributed by atoms with Crippen LogP contribution >= 0.6 is 0 Å². The Bertz CT molecular complexity index is 440. The zero-order chi connectivity index (χ0) is 15.2. The molecule has 0 bridgehead atoms. The molecule has 1 aromatic rings. The molecule has 118 valence electrons. The largest absolute Gasteiger partial charge is 0.370 e. The summed E-state index contributed by atoms with van der Waals surface area (Å²) in [5.41, 5.74) is 5.84. The van der Waals surface area contributed by atoms with Crippen LogP contribution in [0.2, 0.25) is 0 Å². The summed E-state index contributed by atoms with van der Waals surface area (Å²) in [6, 6.07) is 2.01. The predicted octanol–water partition coefficient (Wildman–Crippen LogP) is 1.66. The number of aromatic nitrogens is 2. The van der Waals surface area contributed by atoms with E-state index < -0.39 is 0 Å². The van der Waals surface area contributed by atoms with Crippen molar-refractivity contribution >= 4 is 17.6 Å². The number of hydrogen-bond donors (Lipinski definition) is 2. The van der Waals surface area contributed by atoms with Crippen molar-refractivity contribution in [2.24, 2.45) is 5.92 Å². The Balaban J connectivity index is 1.97. The van der Waals surface area contributed by atoms with Gasteiger partial charge in [0.2, 0.25) is 5.95 Å². The van der Waals surface area contributed by atoms with Crippen LogP contribution in [-0.2, 0) is 0 Å². The van der Waals surface area contributed by atoms with Gasteiger partial charge >= 0.3 is 0 Å². The fraction of sp³-hybridized carbons (Fsp3) is 0.733. The molecule has 1 fully saturated rings. The van der Waals surface area contributed by atoms with Gasteiger partial charge < -0.3 is 20.9 Å². The summed E-state index contributed by atoms with van der Waals surface area (Å²) in [7, 11) is 4.28. The molecule has 0 atom stereocenters. The van der Waals surface area contributed by atoms with E-state index in [2.05, 4.69) is 46.1 Å². The first-order valence-corrected chi connectivity index (χ1v) is 7.86. The molecule has 1 aliphatic rings. The molecule has 21 heavy (non-hydrogen) atoms. The second-order valence-electron chi connectivity index (χ2n) is 6.09. The van der Waals surface area contributed by atoms with E-state index in [1.165, 1.54) is 19.4 Å². The Labute approximate surface area is 127 Å². The van der Waals surface area contributed by atoms with Crippen LogP contribution in [0, 0.1) is 5.92 Å². The highest BCUT2D eigenvalue weighted by atomic mass is 15.2. The van der Waals surface area contributed by atoms with Gasteiger partial charge in [-0.25, -0.2) is 0 Å². The number of nitrogens with one attached hydrogen (secondary N) is 1. The summed E-state index contributed by atoms with van der Waals surface area (Å²) in [5.74, 6) is 2.91. The van der Waals surface area contributed by atoms with E-state index in [1.54, 1.807) is 0 Å². The van der Waals surface area contributed by atoms with Gasteiger partial charge in [0.15, 0.2) is 0 Å². The number of piperidine rings is 1. The molecule has 0 spiro atoms. The van der Waals surface area contributed by atoms with Crippen LogP contribution in [0.3, 0.4) is 0 Å². The fourth-order valence-electron chi connectivity index (χ4n) is 2.82. The minimum atomic E-state index is 0.349. The normalized spacial score (nSPS) is 16.5. The van der Waals surface area contributed by atoms with Gasteiger partial charge in [-0.1, -0.05) is 6.92 Å². The van der Waals surface area contributed by atoms with Gasteiger partial charge in [-0.3, -0.25) is 0 Å². The molecule has 0 unspecified atom stereocenters. The first kappa shape index (κ1) is 15.8. The van der Waals surface area contributed by atoms with Gasteiger partial charge in [-0.15, -0.1) is 0 Å². The maximum atomic E-state index is 5.84. The van der Waals surface area contributed by atoms with Gasteiger partial charge in [0.1, 0.15) is 11.6 Å². The summed E-state index contributed by atoms with van der Waals surface area (Å²) in [6.45, 7) is 6.29. The highest BCUT2D eigenvalue weighted by Gasteiger charge is 2.21. The Morgan fingerprint density at radius 3 is 2.67 bits per heavy atom. The molecule has 1 saturated heterocycles. The lowest BCUT2D eigenvalue weighted by molar-refractivity contribution is 0.284. The molecule has 0 aromatic carbocycles. The van der Waals surface area contributed by atoms with Crippen molar-refractivity contribution < 1.29 is 0 Å². The smallest absolute Gasteiger partial charge is 0.223 e. The average Bonchev–Trinajstić information content (AvgIpc) is 2.44. The third-order valence-electron chi connectivity index (χ3n) is 3.85. The summed E-state index contributed by atoms with van der Waals surface area (Å²) < 4.78 is 0. The third-order valence-corrected chi connectivity index (χ3v) is 3.85. The van der Waals surface area contributed by atoms with E-state index in [0.717, 1.165) is 43.6 Å². The second kappa shape index (κ2) is 7.45. The molecule has 6 heteroatoms. The first-order chi connectivity index (χ1) is 10.1. The highest BCUT2D eigenvalue weighted by molar-refractivity contribution is 5.52. The quantitative estimate of drug-likeness (QED) is 0.831. The number of nitrogen functional groups attached to an aromatic ring is 1. The molecule has 3 N–H and O–H groups in total. The Hall–Kier alpha value is -1.56. The van der Waals surface area contributed by atoms with Crippen molar-refractivity contribution in [3.63, 3.8) is 0 Å². The average molecular weight is 292 g/mol. The number of rotatable bonds is 6. The predicted molar refractivity (Wildman–Crippen MR) is 88.7 cm³/mol. The van der Waals surface area contributed by atoms with Gasteiger partial charge in [0.05, 0.1) is 0 Å². The van der Waals surface area contributed by atoms with Crippen LogP contribution in [0.15, 0.2) is 6.07 Å². The summed E-state index contributed by atoms with van der Waals surface area (Å²) in [5, 5.41) is 3.29. The SMILES string of the molecule is CCCNc1cc(N2CCC(CN(C)C)CC2)nc(N)n1. The molecule has 0 radical (unpaired) electrons. The Morgan fingerprint density at radius 1 is 1.33 bits per heavy atom. The summed E-state index contributed by atoms with van der Waals surface area (Å²) in [6.07, 6.45) is 3.48. The van der Waals surface area contributed by atoms with E-state index in [-0.39, 0.29) is 0 Å². The Kier molecular flexibility index (Phi) is 5.61. The molecule has 2 rings (SSSR count). The summed E-state index contributed by atoms with van der Waals surface area (Å²) >= 11 is 0. The van der Waals surface area contributed by atoms with Crippen molar-refractivity contribution in [2.75, 3.05) is 56.2 Å². The number of nitrogens with two attached hydrogens (primary N) is 1. The molecule has 1 aromatic heterocycles. The number of hydrogen-bond acceptors (Lipinski definition) is 6. The Morgan fingerprint density at radius 2 is 2.05 bits per heavy atom. The monoisotopic (exact) mass is 292 g/mol. The van der Waals surface area contributed by atoms with Crippen molar-refractivity contribution in [1.29, 1.82) is 0 Å². The van der Waals surface area contributed by atoms with Crippen LogP contribution in [0.5, 0.6) is 0 Å². The standard InChI is InChI=1S/C15H28N6/c1-4-7-17-13-10-14(19-15(16)18-13)21-8-5-12(6-9-21)11-20(2)3/h10,12H,4-9,11H2,1-3H3,(H3,16,17,18,19). The number of anilines is 3. The maximum absolute atomic E-state index is 5.84. The molecule has 0 saturated carbocycles. The molecular formula is C15H28N6. The minimum Gasteiger partial charge on any atom is -0.370 e. The van der Waals surface area contributed by atoms with E-state index in [4.69, 9.17) is 5.73 Å². The van der Waals surface area contributed by atoms with Crippen molar-refractivity contribution in [3.05, 3.63) is 6.07 Å². The zero-order valence-corrected chi connectivity index (χ0v) is 13.5. The van der Waals surface area contributed by atoms with Crippen molar-refractivity contribution in [2.45, 2.75) is 26.2 Å². The van der Waals surface area contributed by atoms with E-state index in [0.29, 0.717) is 5.95 Å². The van der Waals surface area contributed by atoms with E-state index >= 15 is 0 Å². The number of nitrogens with zero attached hydrogens (tertiary/aromatic N) is 4. The van der Waals surface area contributed by atoms with Crippen LogP contribution in [-0.4, -0.2) is 55.1 Å². The van der Waals surface area contributed by atoms with Crippen LogP contribution < -0.4 is 16.0 Å². The van der Waals surface area contributed by atoms with Crippen LogP contribution in [0.25, 0.3) is 0 Å². The molecule has 2 heterocycles. The van der Waals surface area contributed by atoms with Crippen molar-refractivity contribution in [1.82, 2.24) is 14.9 Å². The molecule has 0 amide bonds. The lowest BCUT2D eigenvalue weighted by Crippen LogP contribution is -2.37. The van der Waals surface area contributed by atoms with Gasteiger partial charge in [0, 0.05) is 32.2 Å². The molecule has 0 aliphatic carbocycles. The summed E-state index contributed by atoms with van der Waals surface area (Å²) in [4.78, 5) is 13.2. The van der Waals surface area contributed by atoms with Crippen molar-refractivity contribution in [3.8, 4) is 0 Å². The molecule has 6 nitrogen and oxygen atoms in total. The lowest BCUT2D eigenvalue weighted by atomic mass is 9.96. The zero-order valence-electron chi connectivity index (χ0n) is 13.5. The van der Waals surface area contributed by atoms with Gasteiger partial charge in [-0.05, 0) is 39.3 Å². The topological polar surface area (TPSA) is 70.3 Å². The lowest BCUT2D eigenvalue weighted by Gasteiger charge is -2.34.